The fraction of sp³-hybridized carbons (Fsp3) is 0.211. The molecule has 0 aliphatic rings. The lowest BCUT2D eigenvalue weighted by Crippen LogP contribution is -2.37. The smallest absolute Gasteiger partial charge is 0.270 e. The van der Waals surface area contributed by atoms with Gasteiger partial charge in [-0.1, -0.05) is 0 Å². The monoisotopic (exact) mass is 379 g/mol. The number of carbonyl (C=O) groups excluding carboxylic acids is 1. The Hall–Kier alpha value is -3.62. The lowest BCUT2D eigenvalue weighted by Gasteiger charge is -2.15. The topological polar surface area (TPSA) is 90.0 Å². The molecular formula is C19H18FN7O. The summed E-state index contributed by atoms with van der Waals surface area (Å²) in [5.41, 5.74) is 2.41. The Labute approximate surface area is 160 Å². The summed E-state index contributed by atoms with van der Waals surface area (Å²) >= 11 is 0. The number of aromatic nitrogens is 6. The van der Waals surface area contributed by atoms with Crippen LogP contribution in [0.25, 0.3) is 17.0 Å². The van der Waals surface area contributed by atoms with E-state index in [-0.39, 0.29) is 17.8 Å². The first kappa shape index (κ1) is 17.8. The van der Waals surface area contributed by atoms with Gasteiger partial charge in [-0.25, -0.2) is 9.37 Å². The zero-order chi connectivity index (χ0) is 19.7. The van der Waals surface area contributed by atoms with Crippen molar-refractivity contribution in [1.29, 1.82) is 0 Å². The SMILES string of the molecule is Cc1ccn(CC(C)NC(=O)c2cc(-c3ccc(F)cc3)nc3ncnn23)n1. The largest absolute Gasteiger partial charge is 0.346 e. The van der Waals surface area contributed by atoms with Gasteiger partial charge in [0.05, 0.1) is 17.9 Å². The number of amides is 1. The molecule has 9 heteroatoms. The Morgan fingerprint density at radius 2 is 2.04 bits per heavy atom. The van der Waals surface area contributed by atoms with Crippen molar-refractivity contribution in [3.63, 3.8) is 0 Å². The highest BCUT2D eigenvalue weighted by Gasteiger charge is 2.18. The zero-order valence-electron chi connectivity index (χ0n) is 15.4. The minimum Gasteiger partial charge on any atom is -0.346 e. The average molecular weight is 379 g/mol. The van der Waals surface area contributed by atoms with Gasteiger partial charge in [-0.3, -0.25) is 9.48 Å². The lowest BCUT2D eigenvalue weighted by molar-refractivity contribution is 0.0928. The molecule has 3 heterocycles. The van der Waals surface area contributed by atoms with E-state index in [0.717, 1.165) is 5.69 Å². The van der Waals surface area contributed by atoms with Crippen LogP contribution in [0.1, 0.15) is 23.1 Å². The van der Waals surface area contributed by atoms with Crippen molar-refractivity contribution in [1.82, 2.24) is 34.7 Å². The fourth-order valence-electron chi connectivity index (χ4n) is 2.93. The van der Waals surface area contributed by atoms with Crippen LogP contribution in [0.5, 0.6) is 0 Å². The molecule has 1 N–H and O–H groups in total. The van der Waals surface area contributed by atoms with Crippen molar-refractivity contribution in [2.45, 2.75) is 26.4 Å². The molecule has 4 aromatic rings. The van der Waals surface area contributed by atoms with Gasteiger partial charge < -0.3 is 5.32 Å². The van der Waals surface area contributed by atoms with Crippen molar-refractivity contribution in [2.24, 2.45) is 0 Å². The number of hydrogen-bond donors (Lipinski definition) is 1. The second-order valence-electron chi connectivity index (χ2n) is 6.56. The van der Waals surface area contributed by atoms with Gasteiger partial charge in [0.2, 0.25) is 0 Å². The lowest BCUT2D eigenvalue weighted by atomic mass is 10.1. The van der Waals surface area contributed by atoms with E-state index in [1.807, 2.05) is 26.1 Å². The normalized spacial score (nSPS) is 12.2. The van der Waals surface area contributed by atoms with Crippen LogP contribution in [0.3, 0.4) is 0 Å². The number of carbonyl (C=O) groups is 1. The summed E-state index contributed by atoms with van der Waals surface area (Å²) in [5.74, 6) is -0.354. The highest BCUT2D eigenvalue weighted by atomic mass is 19.1. The molecule has 8 nitrogen and oxygen atoms in total. The van der Waals surface area contributed by atoms with E-state index in [9.17, 15) is 9.18 Å². The molecule has 142 valence electrons. The average Bonchev–Trinajstić information content (AvgIpc) is 3.30. The predicted octanol–water partition coefficient (Wildman–Crippen LogP) is 2.25. The maximum absolute atomic E-state index is 13.2. The highest BCUT2D eigenvalue weighted by molar-refractivity contribution is 5.94. The number of halogens is 1. The van der Waals surface area contributed by atoms with Gasteiger partial charge in [-0.15, -0.1) is 0 Å². The van der Waals surface area contributed by atoms with Gasteiger partial charge in [0.25, 0.3) is 11.7 Å². The third-order valence-electron chi connectivity index (χ3n) is 4.24. The van der Waals surface area contributed by atoms with Crippen molar-refractivity contribution < 1.29 is 9.18 Å². The quantitative estimate of drug-likeness (QED) is 0.574. The van der Waals surface area contributed by atoms with Gasteiger partial charge >= 0.3 is 0 Å². The van der Waals surface area contributed by atoms with Gasteiger partial charge in [-0.05, 0) is 50.2 Å². The summed E-state index contributed by atoms with van der Waals surface area (Å²) < 4.78 is 16.4. The van der Waals surface area contributed by atoms with Crippen LogP contribution in [0, 0.1) is 12.7 Å². The number of rotatable bonds is 5. The third-order valence-corrected chi connectivity index (χ3v) is 4.24. The molecule has 4 rings (SSSR count). The van der Waals surface area contributed by atoms with Crippen molar-refractivity contribution in [3.05, 3.63) is 66.1 Å². The Morgan fingerprint density at radius 1 is 1.25 bits per heavy atom. The number of aryl methyl sites for hydroxylation is 1. The van der Waals surface area contributed by atoms with Crippen LogP contribution in [-0.2, 0) is 6.54 Å². The first-order chi connectivity index (χ1) is 13.5. The molecule has 0 fully saturated rings. The van der Waals surface area contributed by atoms with Crippen LogP contribution < -0.4 is 5.32 Å². The summed E-state index contributed by atoms with van der Waals surface area (Å²) in [6, 6.07) is 9.27. The predicted molar refractivity (Wildman–Crippen MR) is 100 cm³/mol. The standard InChI is InChI=1S/C19H18FN7O/c1-12-7-8-26(25-12)10-13(2)23-18(28)17-9-16(14-3-5-15(20)6-4-14)24-19-21-11-22-27(17)19/h3-9,11,13H,10H2,1-2H3,(H,23,28). The van der Waals surface area contributed by atoms with Crippen molar-refractivity contribution in [3.8, 4) is 11.3 Å². The first-order valence-corrected chi connectivity index (χ1v) is 8.77. The Morgan fingerprint density at radius 3 is 2.75 bits per heavy atom. The van der Waals surface area contributed by atoms with Crippen LogP contribution >= 0.6 is 0 Å². The molecule has 0 aliphatic heterocycles. The van der Waals surface area contributed by atoms with E-state index in [1.54, 1.807) is 22.9 Å². The molecule has 1 aromatic carbocycles. The number of hydrogen-bond acceptors (Lipinski definition) is 5. The van der Waals surface area contributed by atoms with E-state index in [0.29, 0.717) is 29.3 Å². The maximum Gasteiger partial charge on any atom is 0.270 e. The maximum atomic E-state index is 13.2. The molecule has 0 aliphatic carbocycles. The van der Waals surface area contributed by atoms with Crippen LogP contribution in [0.4, 0.5) is 4.39 Å². The Balaban J connectivity index is 1.62. The number of fused-ring (bicyclic) bond motifs is 1. The second-order valence-corrected chi connectivity index (χ2v) is 6.56. The van der Waals surface area contributed by atoms with E-state index in [4.69, 9.17) is 0 Å². The molecule has 3 aromatic heterocycles. The molecule has 28 heavy (non-hydrogen) atoms. The summed E-state index contributed by atoms with van der Waals surface area (Å²) in [6.07, 6.45) is 3.20. The first-order valence-electron chi connectivity index (χ1n) is 8.77. The zero-order valence-corrected chi connectivity index (χ0v) is 15.4. The molecule has 0 saturated heterocycles. The highest BCUT2D eigenvalue weighted by Crippen LogP contribution is 2.19. The second kappa shape index (κ2) is 7.18. The Kier molecular flexibility index (Phi) is 4.56. The van der Waals surface area contributed by atoms with E-state index in [2.05, 4.69) is 25.5 Å². The van der Waals surface area contributed by atoms with Crippen LogP contribution in [-0.4, -0.2) is 41.3 Å². The van der Waals surface area contributed by atoms with E-state index < -0.39 is 0 Å². The number of benzene rings is 1. The number of nitrogens with one attached hydrogen (secondary N) is 1. The Bertz CT molecular complexity index is 1130. The van der Waals surface area contributed by atoms with E-state index >= 15 is 0 Å². The molecule has 0 radical (unpaired) electrons. The minimum atomic E-state index is -0.340. The summed E-state index contributed by atoms with van der Waals surface area (Å²) in [4.78, 5) is 21.4. The molecule has 1 unspecified atom stereocenters. The van der Waals surface area contributed by atoms with Gasteiger partial charge in [0, 0.05) is 17.8 Å². The van der Waals surface area contributed by atoms with E-state index in [1.165, 1.54) is 23.0 Å². The van der Waals surface area contributed by atoms with Crippen LogP contribution in [0.15, 0.2) is 48.9 Å². The summed E-state index contributed by atoms with van der Waals surface area (Å²) in [7, 11) is 0. The summed E-state index contributed by atoms with van der Waals surface area (Å²) in [5, 5.41) is 11.4. The number of nitrogens with zero attached hydrogens (tertiary/aromatic N) is 6. The van der Waals surface area contributed by atoms with Gasteiger partial charge in [0.1, 0.15) is 17.8 Å². The molecule has 0 spiro atoms. The van der Waals surface area contributed by atoms with Crippen LogP contribution in [0.2, 0.25) is 0 Å². The van der Waals surface area contributed by atoms with Crippen molar-refractivity contribution >= 4 is 11.7 Å². The molecule has 0 bridgehead atoms. The van der Waals surface area contributed by atoms with Gasteiger partial charge in [-0.2, -0.15) is 19.7 Å². The summed E-state index contributed by atoms with van der Waals surface area (Å²) in [6.45, 7) is 4.35. The molecule has 1 atom stereocenters. The third kappa shape index (κ3) is 3.59. The molecule has 1 amide bonds. The molecular weight excluding hydrogens is 361 g/mol. The van der Waals surface area contributed by atoms with Gasteiger partial charge in [0.15, 0.2) is 0 Å². The fourth-order valence-corrected chi connectivity index (χ4v) is 2.93. The molecule has 0 saturated carbocycles. The minimum absolute atomic E-state index is 0.159. The van der Waals surface area contributed by atoms with Crippen molar-refractivity contribution in [2.75, 3.05) is 0 Å².